The molecule has 7 heteroatoms. The van der Waals surface area contributed by atoms with Gasteiger partial charge in [0.25, 0.3) is 0 Å². The molecule has 0 saturated heterocycles. The summed E-state index contributed by atoms with van der Waals surface area (Å²) >= 11 is 0. The van der Waals surface area contributed by atoms with Gasteiger partial charge in [-0.05, 0) is 19.1 Å². The van der Waals surface area contributed by atoms with E-state index in [1.165, 1.54) is 25.3 Å². The highest BCUT2D eigenvalue weighted by atomic mass is 16.5. The van der Waals surface area contributed by atoms with Crippen molar-refractivity contribution in [3.05, 3.63) is 23.8 Å². The maximum Gasteiger partial charge on any atom is 0.337 e. The Labute approximate surface area is 116 Å². The molecule has 0 heterocycles. The Morgan fingerprint density at radius 3 is 2.70 bits per heavy atom. The molecule has 0 radical (unpaired) electrons. The normalized spacial score (nSPS) is 9.90. The summed E-state index contributed by atoms with van der Waals surface area (Å²) in [5, 5.41) is 14.1. The summed E-state index contributed by atoms with van der Waals surface area (Å²) in [4.78, 5) is 22.7. The van der Waals surface area contributed by atoms with E-state index in [4.69, 9.17) is 14.6 Å². The standard InChI is InChI=1S/C13H18N2O5/c1-3-20-7-6-14-13(18)15-11-8-9(19-2)4-5-10(11)12(16)17/h4-5,8H,3,6-7H2,1-2H3,(H,16,17)(H2,14,15,18). The Balaban J connectivity index is 2.69. The second-order valence-corrected chi connectivity index (χ2v) is 3.79. The van der Waals surface area contributed by atoms with Crippen LogP contribution in [0.4, 0.5) is 10.5 Å². The van der Waals surface area contributed by atoms with Crippen molar-refractivity contribution in [1.29, 1.82) is 0 Å². The largest absolute Gasteiger partial charge is 0.497 e. The van der Waals surface area contributed by atoms with Crippen molar-refractivity contribution in [2.75, 3.05) is 32.2 Å². The lowest BCUT2D eigenvalue weighted by Gasteiger charge is -2.11. The van der Waals surface area contributed by atoms with Crippen molar-refractivity contribution in [3.63, 3.8) is 0 Å². The van der Waals surface area contributed by atoms with Crippen LogP contribution in [0.1, 0.15) is 17.3 Å². The van der Waals surface area contributed by atoms with Crippen molar-refractivity contribution in [2.45, 2.75) is 6.92 Å². The molecule has 0 aliphatic rings. The number of ether oxygens (including phenoxy) is 2. The van der Waals surface area contributed by atoms with Gasteiger partial charge in [0, 0.05) is 19.2 Å². The summed E-state index contributed by atoms with van der Waals surface area (Å²) in [6.45, 7) is 3.16. The average Bonchev–Trinajstić information content (AvgIpc) is 2.43. The van der Waals surface area contributed by atoms with Gasteiger partial charge in [-0.3, -0.25) is 0 Å². The fourth-order valence-corrected chi connectivity index (χ4v) is 1.49. The molecule has 7 nitrogen and oxygen atoms in total. The first-order valence-corrected chi connectivity index (χ1v) is 6.12. The Kier molecular flexibility index (Phi) is 6.31. The molecular formula is C13H18N2O5. The van der Waals surface area contributed by atoms with E-state index in [1.54, 1.807) is 0 Å². The molecule has 2 amide bonds. The average molecular weight is 282 g/mol. The van der Waals surface area contributed by atoms with Gasteiger partial charge in [0.1, 0.15) is 5.75 Å². The summed E-state index contributed by atoms with van der Waals surface area (Å²) in [5.41, 5.74) is 0.163. The Hall–Kier alpha value is -2.28. The maximum atomic E-state index is 11.6. The maximum absolute atomic E-state index is 11.6. The fraction of sp³-hybridized carbons (Fsp3) is 0.385. The monoisotopic (exact) mass is 282 g/mol. The number of aromatic carboxylic acids is 1. The first kappa shape index (κ1) is 15.8. The van der Waals surface area contributed by atoms with Crippen LogP contribution in [0, 0.1) is 0 Å². The number of benzene rings is 1. The molecule has 0 aromatic heterocycles. The lowest BCUT2D eigenvalue weighted by atomic mass is 10.1. The fourth-order valence-electron chi connectivity index (χ4n) is 1.49. The second-order valence-electron chi connectivity index (χ2n) is 3.79. The van der Waals surface area contributed by atoms with E-state index in [0.29, 0.717) is 25.5 Å². The van der Waals surface area contributed by atoms with Gasteiger partial charge in [-0.2, -0.15) is 0 Å². The van der Waals surface area contributed by atoms with Crippen LogP contribution in [-0.2, 0) is 4.74 Å². The number of rotatable bonds is 7. The molecule has 1 rings (SSSR count). The lowest BCUT2D eigenvalue weighted by Crippen LogP contribution is -2.32. The SMILES string of the molecule is CCOCCNC(=O)Nc1cc(OC)ccc1C(=O)O. The number of nitrogens with one attached hydrogen (secondary N) is 2. The summed E-state index contributed by atoms with van der Waals surface area (Å²) in [7, 11) is 1.46. The van der Waals surface area contributed by atoms with Crippen LogP contribution < -0.4 is 15.4 Å². The molecule has 0 unspecified atom stereocenters. The molecule has 110 valence electrons. The summed E-state index contributed by atoms with van der Waals surface area (Å²) in [5.74, 6) is -0.670. The number of hydrogen-bond donors (Lipinski definition) is 3. The number of carbonyl (C=O) groups is 2. The van der Waals surface area contributed by atoms with Crippen LogP contribution in [0.15, 0.2) is 18.2 Å². The van der Waals surface area contributed by atoms with Crippen molar-refractivity contribution in [3.8, 4) is 5.75 Å². The van der Waals surface area contributed by atoms with Crippen molar-refractivity contribution < 1.29 is 24.2 Å². The number of anilines is 1. The Morgan fingerprint density at radius 1 is 1.35 bits per heavy atom. The first-order valence-electron chi connectivity index (χ1n) is 6.12. The predicted molar refractivity (Wildman–Crippen MR) is 73.5 cm³/mol. The van der Waals surface area contributed by atoms with E-state index < -0.39 is 12.0 Å². The summed E-state index contributed by atoms with van der Waals surface area (Å²) < 4.78 is 10.1. The van der Waals surface area contributed by atoms with E-state index in [9.17, 15) is 9.59 Å². The molecule has 0 aliphatic heterocycles. The number of amides is 2. The first-order chi connectivity index (χ1) is 9.58. The molecule has 1 aromatic carbocycles. The Bertz CT molecular complexity index is 476. The molecule has 0 fully saturated rings. The van der Waals surface area contributed by atoms with Gasteiger partial charge >= 0.3 is 12.0 Å². The highest BCUT2D eigenvalue weighted by molar-refractivity contribution is 6.00. The van der Waals surface area contributed by atoms with E-state index in [0.717, 1.165) is 0 Å². The number of carboxylic acid groups (broad SMARTS) is 1. The molecule has 20 heavy (non-hydrogen) atoms. The van der Waals surface area contributed by atoms with E-state index in [1.807, 2.05) is 6.92 Å². The quantitative estimate of drug-likeness (QED) is 0.659. The van der Waals surface area contributed by atoms with Crippen LogP contribution in [-0.4, -0.2) is 44.0 Å². The van der Waals surface area contributed by atoms with Crippen LogP contribution in [0.5, 0.6) is 5.75 Å². The number of carboxylic acids is 1. The topological polar surface area (TPSA) is 96.9 Å². The van der Waals surface area contributed by atoms with Gasteiger partial charge < -0.3 is 25.2 Å². The molecule has 0 aliphatic carbocycles. The third kappa shape index (κ3) is 4.77. The van der Waals surface area contributed by atoms with Crippen LogP contribution in [0.2, 0.25) is 0 Å². The molecule has 1 aromatic rings. The molecular weight excluding hydrogens is 264 g/mol. The van der Waals surface area contributed by atoms with Crippen molar-refractivity contribution >= 4 is 17.7 Å². The van der Waals surface area contributed by atoms with Crippen molar-refractivity contribution in [1.82, 2.24) is 5.32 Å². The van der Waals surface area contributed by atoms with Crippen LogP contribution >= 0.6 is 0 Å². The minimum absolute atomic E-state index is 0.00856. The number of carbonyl (C=O) groups excluding carboxylic acids is 1. The van der Waals surface area contributed by atoms with Crippen LogP contribution in [0.25, 0.3) is 0 Å². The second kappa shape index (κ2) is 8.00. The van der Waals surface area contributed by atoms with Gasteiger partial charge in [0.05, 0.1) is 25.0 Å². The summed E-state index contributed by atoms with van der Waals surface area (Å²) in [6, 6.07) is 3.84. The highest BCUT2D eigenvalue weighted by Gasteiger charge is 2.13. The highest BCUT2D eigenvalue weighted by Crippen LogP contribution is 2.22. The van der Waals surface area contributed by atoms with E-state index in [-0.39, 0.29) is 11.3 Å². The third-order valence-electron chi connectivity index (χ3n) is 2.44. The molecule has 0 bridgehead atoms. The molecule has 0 spiro atoms. The minimum atomic E-state index is -1.13. The van der Waals surface area contributed by atoms with Gasteiger partial charge in [0.2, 0.25) is 0 Å². The number of methoxy groups -OCH3 is 1. The van der Waals surface area contributed by atoms with Crippen molar-refractivity contribution in [2.24, 2.45) is 0 Å². The van der Waals surface area contributed by atoms with E-state index >= 15 is 0 Å². The zero-order chi connectivity index (χ0) is 15.0. The molecule has 3 N–H and O–H groups in total. The van der Waals surface area contributed by atoms with Gasteiger partial charge in [-0.25, -0.2) is 9.59 Å². The van der Waals surface area contributed by atoms with Gasteiger partial charge in [-0.1, -0.05) is 0 Å². The zero-order valence-electron chi connectivity index (χ0n) is 11.4. The lowest BCUT2D eigenvalue weighted by molar-refractivity contribution is 0.0698. The Morgan fingerprint density at radius 2 is 2.10 bits per heavy atom. The smallest absolute Gasteiger partial charge is 0.337 e. The van der Waals surface area contributed by atoms with Gasteiger partial charge in [0.15, 0.2) is 0 Å². The third-order valence-corrected chi connectivity index (χ3v) is 2.44. The summed E-state index contributed by atoms with van der Waals surface area (Å²) in [6.07, 6.45) is 0. The molecule has 0 atom stereocenters. The molecule has 0 saturated carbocycles. The number of urea groups is 1. The zero-order valence-corrected chi connectivity index (χ0v) is 11.4. The minimum Gasteiger partial charge on any atom is -0.497 e. The van der Waals surface area contributed by atoms with Crippen LogP contribution in [0.3, 0.4) is 0 Å². The van der Waals surface area contributed by atoms with E-state index in [2.05, 4.69) is 10.6 Å². The number of hydrogen-bond acceptors (Lipinski definition) is 4. The van der Waals surface area contributed by atoms with Gasteiger partial charge in [-0.15, -0.1) is 0 Å². The predicted octanol–water partition coefficient (Wildman–Crippen LogP) is 1.55.